The van der Waals surface area contributed by atoms with Crippen LogP contribution in [0.15, 0.2) is 108 Å². The maximum Gasteiger partial charge on any atom is 0.490 e. The summed E-state index contributed by atoms with van der Waals surface area (Å²) in [6, 6.07) is 0.722. The molecular formula is C38H57F4N6O42P9. The molecule has 0 spiro atoms. The van der Waals surface area contributed by atoms with Crippen molar-refractivity contribution in [1.29, 1.82) is 0 Å². The van der Waals surface area contributed by atoms with E-state index in [0.29, 0.717) is 22.9 Å². The van der Waals surface area contributed by atoms with Gasteiger partial charge in [0.25, 0.3) is 34.9 Å². The van der Waals surface area contributed by atoms with Crippen LogP contribution >= 0.6 is 70.4 Å². The topological polar surface area (TPSA) is 728 Å². The van der Waals surface area contributed by atoms with Crippen LogP contribution in [-0.2, 0) is 104 Å². The predicted molar refractivity (Wildman–Crippen MR) is 305 cm³/mol. The molecule has 1 aromatic rings. The number of aliphatic hydroxyl groups is 5. The number of H-pyrrole nitrogens is 1. The number of nitrogens with zero attached hydrogens (tertiary/aromatic N) is 3. The lowest BCUT2D eigenvalue weighted by atomic mass is 9.90. The van der Waals surface area contributed by atoms with Gasteiger partial charge < -0.3 is 119 Å². The molecular weight excluding hydrogens is 1570 g/mol. The lowest BCUT2D eigenvalue weighted by Crippen LogP contribution is -2.56. The number of phosphoric acid groups is 9. The minimum atomic E-state index is -5.95. The summed E-state index contributed by atoms with van der Waals surface area (Å²) in [5.41, 5.74) is -6.62. The van der Waals surface area contributed by atoms with Crippen LogP contribution in [0.5, 0.6) is 0 Å². The van der Waals surface area contributed by atoms with Crippen molar-refractivity contribution in [2.75, 3.05) is 19.8 Å². The molecule has 0 aromatic carbocycles. The Morgan fingerprint density at radius 3 is 1.23 bits per heavy atom. The molecule has 5 aliphatic rings. The molecule has 61 heteroatoms. The highest BCUT2D eigenvalue weighted by Crippen LogP contribution is 2.69. The molecule has 564 valence electrons. The molecule has 0 saturated carbocycles. The summed E-state index contributed by atoms with van der Waals surface area (Å²) in [4.78, 5) is 156. The Kier molecular flexibility index (Phi) is 28.5. The molecule has 20 N–H and O–H groups in total. The molecule has 48 nitrogen and oxygen atoms in total. The smallest absolute Gasteiger partial charge is 0.384 e. The Morgan fingerprint density at radius 1 is 0.545 bits per heavy atom. The van der Waals surface area contributed by atoms with Gasteiger partial charge in [0.15, 0.2) is 36.5 Å². The SMILES string of the molecule is C.C=C1NC(=O)C=CN1[C@@H]1O[C@](F)(COP(=O)(O)OP(=O)(O)OP(=O)(O)O)[C@@H](O)[C@]1(O)CC.C=C=C[C@]1(F)[C@H](n2ccc(=O)[nH]c2=O)O[C@](F)(COP(=O)(O)OP(=O)(O)OP(=O)(O)O)[C@H]1O.C=C=C[C@]1(O)[C@H](N2C=CC(=O)NC2=C)O[C@](F)(COP(=O)(O)OP(=O)(O)OP(=O)(O)O)[C@H]1O. The van der Waals surface area contributed by atoms with E-state index in [1.54, 1.807) is 4.98 Å². The molecule has 6 heterocycles. The maximum atomic E-state index is 15.5. The van der Waals surface area contributed by atoms with Crippen molar-refractivity contribution >= 4 is 82.2 Å². The van der Waals surface area contributed by atoms with Crippen molar-refractivity contribution < 1.29 is 206 Å². The van der Waals surface area contributed by atoms with Gasteiger partial charge in [0.05, 0.1) is 0 Å². The number of phosphoric ester groups is 3. The fourth-order valence-corrected chi connectivity index (χ4v) is 17.2. The summed E-state index contributed by atoms with van der Waals surface area (Å²) in [5, 5.41) is 57.0. The molecule has 0 aliphatic carbocycles. The van der Waals surface area contributed by atoms with E-state index in [0.717, 1.165) is 40.4 Å². The Hall–Kier alpha value is -4.15. The Bertz CT molecular complexity index is 4030. The van der Waals surface area contributed by atoms with Crippen LogP contribution in [-0.4, -0.2) is 200 Å². The van der Waals surface area contributed by atoms with Gasteiger partial charge in [-0.15, -0.1) is 11.5 Å². The number of nitrogens with one attached hydrogen (secondary N) is 3. The van der Waals surface area contributed by atoms with E-state index < -0.39 is 185 Å². The Labute approximate surface area is 548 Å². The first-order valence-corrected chi connectivity index (χ1v) is 38.2. The van der Waals surface area contributed by atoms with E-state index in [9.17, 15) is 100 Å². The predicted octanol–water partition coefficient (Wildman–Crippen LogP) is -1.41. The largest absolute Gasteiger partial charge is 0.490 e. The van der Waals surface area contributed by atoms with Crippen molar-refractivity contribution in [3.05, 3.63) is 119 Å². The number of aromatic amines is 1. The van der Waals surface area contributed by atoms with E-state index in [2.05, 4.69) is 82.1 Å². The zero-order chi connectivity index (χ0) is 75.7. The quantitative estimate of drug-likeness (QED) is 0.0273. The van der Waals surface area contributed by atoms with Gasteiger partial charge in [0.2, 0.25) is 5.67 Å². The van der Waals surface area contributed by atoms with Gasteiger partial charge in [0, 0.05) is 42.9 Å². The van der Waals surface area contributed by atoms with Crippen molar-refractivity contribution in [3.63, 3.8) is 0 Å². The van der Waals surface area contributed by atoms with E-state index in [4.69, 9.17) is 58.3 Å². The lowest BCUT2D eigenvalue weighted by molar-refractivity contribution is -0.207. The van der Waals surface area contributed by atoms with E-state index in [1.807, 2.05) is 5.73 Å². The zero-order valence-corrected chi connectivity index (χ0v) is 56.0. The fraction of sp³-hybridized carbons (Fsp3) is 0.474. The summed E-state index contributed by atoms with van der Waals surface area (Å²) >= 11 is 0. The number of alkyl halides is 4. The molecule has 6 unspecified atom stereocenters. The van der Waals surface area contributed by atoms with Crippen LogP contribution in [0.2, 0.25) is 0 Å². The summed E-state index contributed by atoms with van der Waals surface area (Å²) in [5.74, 6) is -12.3. The van der Waals surface area contributed by atoms with Gasteiger partial charge >= 0.3 is 76.1 Å². The first-order valence-electron chi connectivity index (χ1n) is 24.6. The van der Waals surface area contributed by atoms with Crippen molar-refractivity contribution in [3.8, 4) is 0 Å². The van der Waals surface area contributed by atoms with E-state index >= 15 is 17.6 Å². The minimum absolute atomic E-state index is 0. The molecule has 18 atom stereocenters. The molecule has 0 bridgehead atoms. The maximum absolute atomic E-state index is 15.5. The summed E-state index contributed by atoms with van der Waals surface area (Å²) in [6.07, 6.45) is -8.56. The van der Waals surface area contributed by atoms with Crippen LogP contribution in [0.3, 0.4) is 0 Å². The van der Waals surface area contributed by atoms with Gasteiger partial charge in [-0.1, -0.05) is 40.7 Å². The highest BCUT2D eigenvalue weighted by Gasteiger charge is 2.69. The van der Waals surface area contributed by atoms with Gasteiger partial charge in [0.1, 0.15) is 43.2 Å². The number of halogens is 4. The number of ether oxygens (including phenoxy) is 3. The number of rotatable bonds is 27. The third kappa shape index (κ3) is 23.4. The third-order valence-corrected chi connectivity index (χ3v) is 23.3. The number of aromatic nitrogens is 2. The summed E-state index contributed by atoms with van der Waals surface area (Å²) in [6.45, 7) is 9.22. The van der Waals surface area contributed by atoms with E-state index in [-0.39, 0.29) is 25.5 Å². The monoisotopic (exact) mass is 1620 g/mol. The second-order valence-electron chi connectivity index (χ2n) is 19.2. The van der Waals surface area contributed by atoms with E-state index in [1.165, 1.54) is 6.92 Å². The molecule has 5 aliphatic heterocycles. The molecule has 2 amide bonds. The first kappa shape index (κ1) is 89.1. The van der Waals surface area contributed by atoms with Crippen molar-refractivity contribution in [2.24, 2.45) is 0 Å². The van der Waals surface area contributed by atoms with Gasteiger partial charge in [-0.2, -0.15) is 25.9 Å². The lowest BCUT2D eigenvalue weighted by Gasteiger charge is -2.38. The van der Waals surface area contributed by atoms with Gasteiger partial charge in [-0.3, -0.25) is 37.5 Å². The van der Waals surface area contributed by atoms with Crippen molar-refractivity contribution in [1.82, 2.24) is 30.0 Å². The molecule has 3 saturated heterocycles. The molecule has 6 rings (SSSR count). The van der Waals surface area contributed by atoms with Crippen LogP contribution in [0, 0.1) is 0 Å². The fourth-order valence-electron chi connectivity index (χ4n) is 8.11. The number of carbonyl (C=O) groups is 2. The third-order valence-electron chi connectivity index (χ3n) is 12.0. The number of amides is 2. The van der Waals surface area contributed by atoms with Crippen LogP contribution in [0.4, 0.5) is 17.6 Å². The summed E-state index contributed by atoms with van der Waals surface area (Å²) < 4.78 is 211. The standard InChI is InChI=1S/C13H18FN2O14P3.C12H15F2N2O14P3.C12H20FN2O14P3.CH4/c1-3-5-12(19)10(18)13(14,28-11(12)16-6-4-9(17)15-8(16)2)7-27-32(23,24)30-33(25,26)29-31(20,21)22;1-2-4-11(13)8(18)12(14,28-9(11)16-5-3-7(17)15-10(16)19)6-27-32(23,24)30-33(25,26)29-31(20,21)22;1-3-11(18)9(17)12(13,27-10(11)15-5-4-8(16)14-7(15)2)6-26-31(22,23)29-32(24,25)28-30(19,20)21;/h4-6,10-11,18-19H,1-2,7H2,(H,15,17)(H,23,24)(H,25,26)(H2,20,21,22);3-5,8-9,18H,1,6H2,(H,23,24)(H,25,26)(H,15,17,19)(H2,20,21,22);4-5,9-10,17-18H,2-3,6H2,1H3,(H,14,16)(H,22,23)(H,24,25)(H2,19,20,21);1H4/t10-,11+,12+,13+;8-,9+,11+,12+;9-,10+,11+,12+;/m000./s1. The highest BCUT2D eigenvalue weighted by atomic mass is 31.3. The number of aliphatic hydroxyl groups excluding tert-OH is 3. The van der Waals surface area contributed by atoms with Crippen LogP contribution in [0.1, 0.15) is 27.0 Å². The minimum Gasteiger partial charge on any atom is -0.384 e. The Morgan fingerprint density at radius 2 is 0.889 bits per heavy atom. The number of hydrogen-bond donors (Lipinski definition) is 20. The second-order valence-corrected chi connectivity index (χ2v) is 32.4. The average Bonchev–Trinajstić information content (AvgIpc) is 1.60. The van der Waals surface area contributed by atoms with Crippen LogP contribution in [0.25, 0.3) is 0 Å². The number of hydrogen-bond acceptors (Lipinski definition) is 32. The van der Waals surface area contributed by atoms with Gasteiger partial charge in [-0.05, 0) is 12.5 Å². The normalized spacial score (nSPS) is 32.9. The second kappa shape index (κ2) is 31.7. The zero-order valence-electron chi connectivity index (χ0n) is 47.9. The molecule has 3 fully saturated rings. The Balaban J connectivity index is 0.000000385. The molecule has 0 radical (unpaired) electrons. The van der Waals surface area contributed by atoms with Gasteiger partial charge in [-0.25, -0.2) is 63.4 Å². The average molecular weight is 1620 g/mol. The molecule has 99 heavy (non-hydrogen) atoms. The van der Waals surface area contributed by atoms with Crippen LogP contribution < -0.4 is 21.9 Å². The first-order chi connectivity index (χ1) is 44.0. The summed E-state index contributed by atoms with van der Waals surface area (Å²) in [7, 11) is -52.1. The molecule has 1 aromatic heterocycles. The number of carbonyl (C=O) groups excluding carboxylic acids is 2. The van der Waals surface area contributed by atoms with Crippen molar-refractivity contribution in [2.45, 2.75) is 92.2 Å². The highest BCUT2D eigenvalue weighted by molar-refractivity contribution is 7.67.